The largest absolute Gasteiger partial charge is 0.339 e. The minimum Gasteiger partial charge on any atom is -0.339 e. The summed E-state index contributed by atoms with van der Waals surface area (Å²) in [6, 6.07) is 12.6. The van der Waals surface area contributed by atoms with Gasteiger partial charge in [0.1, 0.15) is 6.04 Å². The smallest absolute Gasteiger partial charge is 0.236 e. The fourth-order valence-corrected chi connectivity index (χ4v) is 3.63. The van der Waals surface area contributed by atoms with Crippen LogP contribution in [0.4, 0.5) is 0 Å². The highest BCUT2D eigenvalue weighted by molar-refractivity contribution is 5.78. The van der Waals surface area contributed by atoms with Gasteiger partial charge in [-0.2, -0.15) is 5.26 Å². The van der Waals surface area contributed by atoms with E-state index >= 15 is 0 Å². The number of nitriles is 1. The summed E-state index contributed by atoms with van der Waals surface area (Å²) in [4.78, 5) is 18.9. The Morgan fingerprint density at radius 1 is 1.24 bits per heavy atom. The van der Waals surface area contributed by atoms with E-state index in [1.807, 2.05) is 35.2 Å². The second-order valence-corrected chi connectivity index (χ2v) is 7.35. The van der Waals surface area contributed by atoms with Crippen LogP contribution in [0, 0.1) is 17.2 Å². The minimum atomic E-state index is -0.226. The van der Waals surface area contributed by atoms with Gasteiger partial charge in [0.05, 0.1) is 12.6 Å². The van der Waals surface area contributed by atoms with Crippen molar-refractivity contribution >= 4 is 5.91 Å². The molecule has 2 aliphatic rings. The first kappa shape index (κ1) is 17.9. The lowest BCUT2D eigenvalue weighted by Gasteiger charge is -2.38. The van der Waals surface area contributed by atoms with E-state index in [2.05, 4.69) is 29.8 Å². The van der Waals surface area contributed by atoms with Gasteiger partial charge in [-0.1, -0.05) is 30.3 Å². The van der Waals surface area contributed by atoms with Gasteiger partial charge in [-0.3, -0.25) is 14.6 Å². The molecular formula is C20H28N4O. The van der Waals surface area contributed by atoms with Crippen molar-refractivity contribution in [3.8, 4) is 6.07 Å². The maximum Gasteiger partial charge on any atom is 0.236 e. The van der Waals surface area contributed by atoms with Crippen LogP contribution in [0.3, 0.4) is 0 Å². The number of amides is 1. The summed E-state index contributed by atoms with van der Waals surface area (Å²) in [5.74, 6) is 0.986. The number of hydrogen-bond acceptors (Lipinski definition) is 4. The predicted molar refractivity (Wildman–Crippen MR) is 97.8 cm³/mol. The van der Waals surface area contributed by atoms with Crippen LogP contribution in [0.5, 0.6) is 0 Å². The first-order chi connectivity index (χ1) is 12.1. The molecule has 3 rings (SSSR count). The molecule has 0 radical (unpaired) electrons. The second-order valence-electron chi connectivity index (χ2n) is 7.35. The summed E-state index contributed by atoms with van der Waals surface area (Å²) >= 11 is 0. The fraction of sp³-hybridized carbons (Fsp3) is 0.600. The molecule has 0 aromatic heterocycles. The molecule has 0 N–H and O–H groups in total. The number of carbonyl (C=O) groups excluding carboxylic acids is 1. The topological polar surface area (TPSA) is 50.6 Å². The van der Waals surface area contributed by atoms with E-state index in [1.54, 1.807) is 0 Å². The summed E-state index contributed by atoms with van der Waals surface area (Å²) in [7, 11) is 2.05. The Balaban J connectivity index is 1.51. The van der Waals surface area contributed by atoms with Gasteiger partial charge >= 0.3 is 0 Å². The summed E-state index contributed by atoms with van der Waals surface area (Å²) < 4.78 is 0. The van der Waals surface area contributed by atoms with Crippen molar-refractivity contribution in [2.45, 2.75) is 31.8 Å². The summed E-state index contributed by atoms with van der Waals surface area (Å²) in [6.45, 7) is 5.63. The van der Waals surface area contributed by atoms with Gasteiger partial charge < -0.3 is 4.90 Å². The van der Waals surface area contributed by atoms with E-state index in [9.17, 15) is 10.1 Å². The first-order valence-corrected chi connectivity index (χ1v) is 9.26. The van der Waals surface area contributed by atoms with Crippen molar-refractivity contribution in [1.29, 1.82) is 5.26 Å². The normalized spacial score (nSPS) is 21.0. The number of carbonyl (C=O) groups is 1. The fourth-order valence-electron chi connectivity index (χ4n) is 3.63. The molecule has 1 saturated heterocycles. The molecule has 1 aliphatic heterocycles. The van der Waals surface area contributed by atoms with Crippen molar-refractivity contribution in [1.82, 2.24) is 14.7 Å². The Morgan fingerprint density at radius 2 is 1.88 bits per heavy atom. The molecule has 1 amide bonds. The molecular weight excluding hydrogens is 312 g/mol. The van der Waals surface area contributed by atoms with Crippen molar-refractivity contribution in [2.75, 3.05) is 39.8 Å². The van der Waals surface area contributed by atoms with Crippen molar-refractivity contribution in [2.24, 2.45) is 5.92 Å². The van der Waals surface area contributed by atoms with E-state index in [0.29, 0.717) is 25.7 Å². The number of rotatable bonds is 6. The van der Waals surface area contributed by atoms with Crippen LogP contribution in [0.1, 0.15) is 31.4 Å². The van der Waals surface area contributed by atoms with Gasteiger partial charge in [-0.15, -0.1) is 0 Å². The van der Waals surface area contributed by atoms with Crippen LogP contribution in [-0.4, -0.2) is 66.4 Å². The average molecular weight is 340 g/mol. The Labute approximate surface area is 150 Å². The zero-order chi connectivity index (χ0) is 17.8. The summed E-state index contributed by atoms with van der Waals surface area (Å²) in [5, 5.41) is 9.57. The zero-order valence-electron chi connectivity index (χ0n) is 15.3. The zero-order valence-corrected chi connectivity index (χ0v) is 15.3. The Hall–Kier alpha value is -1.90. The van der Waals surface area contributed by atoms with Crippen molar-refractivity contribution < 1.29 is 4.79 Å². The van der Waals surface area contributed by atoms with E-state index in [-0.39, 0.29) is 11.9 Å². The van der Waals surface area contributed by atoms with E-state index < -0.39 is 0 Å². The highest BCUT2D eigenvalue weighted by Gasteiger charge is 2.32. The third-order valence-electron chi connectivity index (χ3n) is 5.65. The van der Waals surface area contributed by atoms with Crippen LogP contribution >= 0.6 is 0 Å². The van der Waals surface area contributed by atoms with Gasteiger partial charge in [0, 0.05) is 32.2 Å². The molecule has 5 heteroatoms. The standard InChI is InChI=1S/C20H28N4O/c1-16(17-8-9-17)22(2)15-20(25)24-12-10-23(11-13-24)19(14-21)18-6-4-3-5-7-18/h3-7,16-17,19H,8-13,15H2,1-2H3/t16-,19-/m1/s1. The molecule has 0 unspecified atom stereocenters. The van der Waals surface area contributed by atoms with Gasteiger partial charge in [0.2, 0.25) is 5.91 Å². The molecule has 134 valence electrons. The number of nitrogens with zero attached hydrogens (tertiary/aromatic N) is 4. The number of likely N-dealkylation sites (N-methyl/N-ethyl adjacent to an activating group) is 1. The van der Waals surface area contributed by atoms with Gasteiger partial charge in [-0.25, -0.2) is 0 Å². The van der Waals surface area contributed by atoms with Crippen LogP contribution in [0.25, 0.3) is 0 Å². The van der Waals surface area contributed by atoms with E-state index in [1.165, 1.54) is 12.8 Å². The number of benzene rings is 1. The molecule has 1 aliphatic carbocycles. The molecule has 0 bridgehead atoms. The molecule has 2 fully saturated rings. The van der Waals surface area contributed by atoms with E-state index in [0.717, 1.165) is 24.6 Å². The van der Waals surface area contributed by atoms with Gasteiger partial charge in [0.15, 0.2) is 0 Å². The van der Waals surface area contributed by atoms with Crippen LogP contribution in [-0.2, 0) is 4.79 Å². The Morgan fingerprint density at radius 3 is 2.44 bits per heavy atom. The SMILES string of the molecule is C[C@H](C1CC1)N(C)CC(=O)N1CCN([C@H](C#N)c2ccccc2)CC1. The molecule has 25 heavy (non-hydrogen) atoms. The minimum absolute atomic E-state index is 0.211. The summed E-state index contributed by atoms with van der Waals surface area (Å²) in [5.41, 5.74) is 1.03. The molecule has 1 aromatic rings. The molecule has 1 aromatic carbocycles. The van der Waals surface area contributed by atoms with Gasteiger partial charge in [0.25, 0.3) is 0 Å². The van der Waals surface area contributed by atoms with E-state index in [4.69, 9.17) is 0 Å². The van der Waals surface area contributed by atoms with Crippen LogP contribution < -0.4 is 0 Å². The maximum atomic E-state index is 12.6. The monoisotopic (exact) mass is 340 g/mol. The van der Waals surface area contributed by atoms with Crippen LogP contribution in [0.2, 0.25) is 0 Å². The molecule has 5 nitrogen and oxygen atoms in total. The highest BCUT2D eigenvalue weighted by Crippen LogP contribution is 2.34. The van der Waals surface area contributed by atoms with Crippen molar-refractivity contribution in [3.05, 3.63) is 35.9 Å². The average Bonchev–Trinajstić information content (AvgIpc) is 3.48. The lowest BCUT2D eigenvalue weighted by molar-refractivity contribution is -0.134. The van der Waals surface area contributed by atoms with Gasteiger partial charge in [-0.05, 0) is 38.3 Å². The number of piperazine rings is 1. The van der Waals surface area contributed by atoms with Crippen LogP contribution in [0.15, 0.2) is 30.3 Å². The Kier molecular flexibility index (Phi) is 5.72. The first-order valence-electron chi connectivity index (χ1n) is 9.26. The molecule has 1 saturated carbocycles. The lowest BCUT2D eigenvalue weighted by atomic mass is 10.1. The Bertz CT molecular complexity index is 614. The molecule has 1 heterocycles. The number of hydrogen-bond donors (Lipinski definition) is 0. The molecule has 0 spiro atoms. The molecule has 2 atom stereocenters. The lowest BCUT2D eigenvalue weighted by Crippen LogP contribution is -2.52. The maximum absolute atomic E-state index is 12.6. The van der Waals surface area contributed by atoms with Crippen molar-refractivity contribution in [3.63, 3.8) is 0 Å². The summed E-state index contributed by atoms with van der Waals surface area (Å²) in [6.07, 6.45) is 2.60. The third kappa shape index (κ3) is 4.39. The highest BCUT2D eigenvalue weighted by atomic mass is 16.2. The third-order valence-corrected chi connectivity index (χ3v) is 5.65. The quantitative estimate of drug-likeness (QED) is 0.796. The predicted octanol–water partition coefficient (Wildman–Crippen LogP) is 2.13. The second kappa shape index (κ2) is 7.99.